The van der Waals surface area contributed by atoms with Gasteiger partial charge in [-0.15, -0.1) is 0 Å². The first-order valence-corrected chi connectivity index (χ1v) is 14.3. The molecule has 0 saturated heterocycles. The first kappa shape index (κ1) is 24.5. The van der Waals surface area contributed by atoms with Gasteiger partial charge in [0.2, 0.25) is 5.95 Å². The van der Waals surface area contributed by atoms with Crippen LogP contribution < -0.4 is 20.7 Å². The highest BCUT2D eigenvalue weighted by Gasteiger charge is 2.55. The summed E-state index contributed by atoms with van der Waals surface area (Å²) in [6.07, 6.45) is 15.3. The molecule has 196 valence electrons. The molecule has 5 fully saturated rings. The van der Waals surface area contributed by atoms with Gasteiger partial charge in [0.05, 0.1) is 13.3 Å². The lowest BCUT2D eigenvalue weighted by Gasteiger charge is -2.61. The van der Waals surface area contributed by atoms with Crippen LogP contribution in [0.25, 0.3) is 0 Å². The highest BCUT2D eigenvalue weighted by molar-refractivity contribution is 5.53. The molecule has 37 heavy (non-hydrogen) atoms. The first-order chi connectivity index (χ1) is 18.1. The van der Waals surface area contributed by atoms with E-state index in [0.717, 1.165) is 41.7 Å². The van der Waals surface area contributed by atoms with Crippen molar-refractivity contribution >= 4 is 11.8 Å². The van der Waals surface area contributed by atoms with E-state index in [0.29, 0.717) is 35.3 Å². The van der Waals surface area contributed by atoms with Gasteiger partial charge >= 0.3 is 0 Å². The normalized spacial score (nSPS) is 30.6. The lowest BCUT2D eigenvalue weighted by molar-refractivity contribution is -0.0728. The Balaban J connectivity index is 1.11. The van der Waals surface area contributed by atoms with Crippen molar-refractivity contribution in [1.29, 1.82) is 5.26 Å². The SMILES string of the molecule is COc1ccccc1CNc1ncc(C#N)c(NCC23CC4C[C@H](C2)C(NC2CCCCC2)[C@@H](C4)C3)n1. The third-order valence-corrected chi connectivity index (χ3v) is 9.60. The predicted molar refractivity (Wildman–Crippen MR) is 145 cm³/mol. The molecule has 0 spiro atoms. The Morgan fingerprint density at radius 3 is 2.59 bits per heavy atom. The fourth-order valence-corrected chi connectivity index (χ4v) is 8.20. The Morgan fingerprint density at radius 2 is 1.84 bits per heavy atom. The Bertz CT molecular complexity index is 1120. The maximum Gasteiger partial charge on any atom is 0.224 e. The summed E-state index contributed by atoms with van der Waals surface area (Å²) in [7, 11) is 1.68. The molecule has 2 aromatic rings. The summed E-state index contributed by atoms with van der Waals surface area (Å²) in [5, 5.41) is 20.8. The van der Waals surface area contributed by atoms with Crippen molar-refractivity contribution in [2.45, 2.75) is 82.8 Å². The maximum atomic E-state index is 9.72. The minimum atomic E-state index is 0.323. The second kappa shape index (κ2) is 10.5. The van der Waals surface area contributed by atoms with Gasteiger partial charge in [-0.1, -0.05) is 37.5 Å². The van der Waals surface area contributed by atoms with Crippen LogP contribution in [0.4, 0.5) is 11.8 Å². The van der Waals surface area contributed by atoms with Crippen LogP contribution in [0.2, 0.25) is 0 Å². The van der Waals surface area contributed by atoms with Gasteiger partial charge in [-0.05, 0) is 74.2 Å². The molecule has 5 saturated carbocycles. The number of aromatic nitrogens is 2. The molecule has 3 unspecified atom stereocenters. The topological polar surface area (TPSA) is 94.9 Å². The first-order valence-electron chi connectivity index (χ1n) is 14.3. The summed E-state index contributed by atoms with van der Waals surface area (Å²) in [4.78, 5) is 9.10. The third-order valence-electron chi connectivity index (χ3n) is 9.60. The average Bonchev–Trinajstić information content (AvgIpc) is 2.93. The zero-order chi connectivity index (χ0) is 25.2. The second-order valence-electron chi connectivity index (χ2n) is 12.1. The monoisotopic (exact) mass is 500 g/mol. The van der Waals surface area contributed by atoms with Crippen molar-refractivity contribution in [2.75, 3.05) is 24.3 Å². The number of para-hydroxylation sites is 1. The molecule has 1 aromatic heterocycles. The minimum absolute atomic E-state index is 0.323. The van der Waals surface area contributed by atoms with Gasteiger partial charge in [-0.3, -0.25) is 0 Å². The lowest BCUT2D eigenvalue weighted by atomic mass is 9.47. The van der Waals surface area contributed by atoms with Crippen LogP contribution in [0, 0.1) is 34.5 Å². The molecular weight excluding hydrogens is 460 g/mol. The molecule has 3 N–H and O–H groups in total. The van der Waals surface area contributed by atoms with Gasteiger partial charge < -0.3 is 20.7 Å². The minimum Gasteiger partial charge on any atom is -0.496 e. The average molecular weight is 501 g/mol. The Hall–Kier alpha value is -2.85. The van der Waals surface area contributed by atoms with E-state index in [4.69, 9.17) is 9.72 Å². The van der Waals surface area contributed by atoms with Crippen molar-refractivity contribution < 1.29 is 4.74 Å². The number of nitrogens with zero attached hydrogens (tertiary/aromatic N) is 3. The van der Waals surface area contributed by atoms with Gasteiger partial charge in [0.25, 0.3) is 0 Å². The number of rotatable bonds is 9. The van der Waals surface area contributed by atoms with Crippen molar-refractivity contribution in [3.05, 3.63) is 41.6 Å². The molecule has 7 rings (SSSR count). The van der Waals surface area contributed by atoms with Crippen LogP contribution in [0.15, 0.2) is 30.5 Å². The van der Waals surface area contributed by atoms with Crippen molar-refractivity contribution in [1.82, 2.24) is 15.3 Å². The van der Waals surface area contributed by atoms with E-state index in [1.54, 1.807) is 13.3 Å². The van der Waals surface area contributed by atoms with Gasteiger partial charge in [0.15, 0.2) is 0 Å². The number of hydrogen-bond acceptors (Lipinski definition) is 7. The number of methoxy groups -OCH3 is 1. The summed E-state index contributed by atoms with van der Waals surface area (Å²) in [5.41, 5.74) is 1.87. The predicted octanol–water partition coefficient (Wildman–Crippen LogP) is 5.50. The number of ether oxygens (including phenoxy) is 1. The van der Waals surface area contributed by atoms with E-state index in [1.165, 1.54) is 64.2 Å². The standard InChI is InChI=1S/C30H40N6O/c1-37-26-10-6-5-7-21(26)17-32-29-33-18-24(16-31)28(36-29)34-19-30-13-20-11-22(14-30)27(23(12-20)15-30)35-25-8-3-2-4-9-25/h5-7,10,18,20,22-23,25,27,35H,2-4,8-9,11-15,17,19H2,1H3,(H2,32,33,34,36)/t20?,22-,23+,27?,30?. The highest BCUT2D eigenvalue weighted by Crippen LogP contribution is 2.60. The summed E-state index contributed by atoms with van der Waals surface area (Å²) < 4.78 is 5.46. The van der Waals surface area contributed by atoms with E-state index in [-0.39, 0.29) is 0 Å². The van der Waals surface area contributed by atoms with Gasteiger partial charge in [-0.25, -0.2) is 4.98 Å². The molecule has 4 bridgehead atoms. The molecule has 7 heteroatoms. The van der Waals surface area contributed by atoms with E-state index >= 15 is 0 Å². The molecule has 0 aliphatic heterocycles. The van der Waals surface area contributed by atoms with Crippen LogP contribution in [0.3, 0.4) is 0 Å². The molecule has 5 aliphatic rings. The Morgan fingerprint density at radius 1 is 1.05 bits per heavy atom. The van der Waals surface area contributed by atoms with Crippen molar-refractivity contribution in [3.63, 3.8) is 0 Å². The van der Waals surface area contributed by atoms with Gasteiger partial charge in [-0.2, -0.15) is 10.2 Å². The lowest BCUT2D eigenvalue weighted by Crippen LogP contribution is -2.61. The molecule has 1 aromatic carbocycles. The maximum absolute atomic E-state index is 9.72. The summed E-state index contributed by atoms with van der Waals surface area (Å²) in [6, 6.07) is 11.7. The Kier molecular flexibility index (Phi) is 6.94. The molecular formula is C30H40N6O. The summed E-state index contributed by atoms with van der Waals surface area (Å²) >= 11 is 0. The quantitative estimate of drug-likeness (QED) is 0.419. The van der Waals surface area contributed by atoms with E-state index in [9.17, 15) is 5.26 Å². The molecule has 0 amide bonds. The smallest absolute Gasteiger partial charge is 0.224 e. The van der Waals surface area contributed by atoms with Crippen molar-refractivity contribution in [2.24, 2.45) is 23.2 Å². The van der Waals surface area contributed by atoms with E-state index < -0.39 is 0 Å². The van der Waals surface area contributed by atoms with Crippen LogP contribution in [0.1, 0.15) is 75.3 Å². The Labute approximate surface area is 220 Å². The van der Waals surface area contributed by atoms with Crippen LogP contribution in [-0.2, 0) is 6.54 Å². The number of nitrogens with one attached hydrogen (secondary N) is 3. The molecule has 5 atom stereocenters. The van der Waals surface area contributed by atoms with Crippen LogP contribution in [-0.4, -0.2) is 35.7 Å². The van der Waals surface area contributed by atoms with E-state index in [2.05, 4.69) is 27.0 Å². The van der Waals surface area contributed by atoms with Crippen LogP contribution in [0.5, 0.6) is 5.75 Å². The summed E-state index contributed by atoms with van der Waals surface area (Å²) in [5.74, 6) is 4.47. The number of nitriles is 1. The molecule has 5 aliphatic carbocycles. The second-order valence-corrected chi connectivity index (χ2v) is 12.1. The fourth-order valence-electron chi connectivity index (χ4n) is 8.20. The zero-order valence-electron chi connectivity index (χ0n) is 22.0. The number of hydrogen-bond donors (Lipinski definition) is 3. The van der Waals surface area contributed by atoms with Gasteiger partial charge in [0, 0.05) is 30.7 Å². The zero-order valence-corrected chi connectivity index (χ0v) is 22.0. The summed E-state index contributed by atoms with van der Waals surface area (Å²) in [6.45, 7) is 1.45. The molecule has 0 radical (unpaired) electrons. The third kappa shape index (κ3) is 5.13. The van der Waals surface area contributed by atoms with E-state index in [1.807, 2.05) is 24.3 Å². The van der Waals surface area contributed by atoms with Gasteiger partial charge in [0.1, 0.15) is 23.2 Å². The number of benzene rings is 1. The fraction of sp³-hybridized carbons (Fsp3) is 0.633. The van der Waals surface area contributed by atoms with Crippen LogP contribution >= 0.6 is 0 Å². The molecule has 1 heterocycles. The highest BCUT2D eigenvalue weighted by atomic mass is 16.5. The largest absolute Gasteiger partial charge is 0.496 e. The number of anilines is 2. The molecule has 7 nitrogen and oxygen atoms in total. The van der Waals surface area contributed by atoms with Crippen molar-refractivity contribution in [3.8, 4) is 11.8 Å².